The highest BCUT2D eigenvalue weighted by Gasteiger charge is 2.30. The third kappa shape index (κ3) is 7.76. The molecule has 0 fully saturated rings. The van der Waals surface area contributed by atoms with E-state index in [1.807, 2.05) is 0 Å². The molecule has 0 amide bonds. The second-order valence-electron chi connectivity index (χ2n) is 1.32. The minimum absolute atomic E-state index is 0.336. The Morgan fingerprint density at radius 1 is 1.33 bits per heavy atom. The first kappa shape index (κ1) is 8.76. The van der Waals surface area contributed by atoms with Gasteiger partial charge in [0.15, 0.2) is 0 Å². The molecule has 0 heterocycles. The van der Waals surface area contributed by atoms with Gasteiger partial charge in [0.05, 0.1) is 6.26 Å². The van der Waals surface area contributed by atoms with Crippen LogP contribution in [0.3, 0.4) is 0 Å². The van der Waals surface area contributed by atoms with Gasteiger partial charge in [-0.2, -0.15) is 0 Å². The van der Waals surface area contributed by atoms with Crippen LogP contribution in [0.15, 0.2) is 0 Å². The fourth-order valence-electron chi connectivity index (χ4n) is 0.198. The molecule has 0 rings (SSSR count). The SMILES string of the molecule is CS(=O)(=O)O[B-](F)(F)F. The second kappa shape index (κ2) is 2.18. The molecule has 0 saturated heterocycles. The molecule has 8 heteroatoms. The molecule has 0 spiro atoms. The van der Waals surface area contributed by atoms with Gasteiger partial charge < -0.3 is 17.0 Å². The summed E-state index contributed by atoms with van der Waals surface area (Å²) in [4.78, 5) is 0. The van der Waals surface area contributed by atoms with E-state index in [0.717, 1.165) is 0 Å². The van der Waals surface area contributed by atoms with Crippen molar-refractivity contribution in [2.75, 3.05) is 6.26 Å². The van der Waals surface area contributed by atoms with Gasteiger partial charge in [0, 0.05) is 0 Å². The number of halogens is 3. The second-order valence-corrected chi connectivity index (χ2v) is 2.92. The minimum Gasteiger partial charge on any atom is -0.421 e. The average Bonchev–Trinajstić information content (AvgIpc) is 1.14. The Morgan fingerprint density at radius 3 is 1.67 bits per heavy atom. The Kier molecular flexibility index (Phi) is 2.12. The molecule has 3 nitrogen and oxygen atoms in total. The fourth-order valence-corrected chi connectivity index (χ4v) is 0.595. The Labute approximate surface area is 50.0 Å². The summed E-state index contributed by atoms with van der Waals surface area (Å²) in [6.45, 7) is 0. The standard InChI is InChI=1S/CH3BF3O3S/c1-9(6,7)8-2(3,4)5/h1H3/q-1. The Bertz CT molecular complexity index is 180. The lowest BCUT2D eigenvalue weighted by atomic mass is 10.3. The van der Waals surface area contributed by atoms with Gasteiger partial charge >= 0.3 is 7.18 Å². The van der Waals surface area contributed by atoms with E-state index in [1.54, 1.807) is 0 Å². The molecule has 9 heavy (non-hydrogen) atoms. The molecule has 56 valence electrons. The molecule has 0 aliphatic rings. The quantitative estimate of drug-likeness (QED) is 0.550. The van der Waals surface area contributed by atoms with E-state index in [-0.39, 0.29) is 0 Å². The zero-order chi connectivity index (χ0) is 7.71. The lowest BCUT2D eigenvalue weighted by molar-refractivity contribution is 0.301. The van der Waals surface area contributed by atoms with Crippen molar-refractivity contribution >= 4 is 17.3 Å². The number of rotatable bonds is 2. The van der Waals surface area contributed by atoms with E-state index in [9.17, 15) is 21.4 Å². The normalized spacial score (nSPS) is 13.8. The van der Waals surface area contributed by atoms with Crippen LogP contribution in [-0.2, 0) is 14.2 Å². The van der Waals surface area contributed by atoms with Crippen LogP contribution in [-0.4, -0.2) is 21.9 Å². The summed E-state index contributed by atoms with van der Waals surface area (Å²) in [7, 11) is -10.1. The van der Waals surface area contributed by atoms with Gasteiger partial charge in [0.2, 0.25) is 10.1 Å². The monoisotopic (exact) mass is 163 g/mol. The molecule has 0 aliphatic carbocycles. The highest BCUT2D eigenvalue weighted by molar-refractivity contribution is 7.86. The summed E-state index contributed by atoms with van der Waals surface area (Å²) >= 11 is 0. The molecule has 0 aliphatic heterocycles. The largest absolute Gasteiger partial charge is 0.651 e. The van der Waals surface area contributed by atoms with Crippen molar-refractivity contribution in [3.05, 3.63) is 0 Å². The van der Waals surface area contributed by atoms with Crippen LogP contribution in [0.4, 0.5) is 12.9 Å². The van der Waals surface area contributed by atoms with Gasteiger partial charge in [0.25, 0.3) is 0 Å². The molecule has 0 aromatic heterocycles. The lowest BCUT2D eigenvalue weighted by Crippen LogP contribution is -2.24. The van der Waals surface area contributed by atoms with Crippen molar-refractivity contribution in [3.8, 4) is 0 Å². The Morgan fingerprint density at radius 2 is 1.67 bits per heavy atom. The van der Waals surface area contributed by atoms with E-state index >= 15 is 0 Å². The molecular weight excluding hydrogens is 160 g/mol. The molecule has 0 radical (unpaired) electrons. The summed E-state index contributed by atoms with van der Waals surface area (Å²) in [6, 6.07) is 0. The van der Waals surface area contributed by atoms with E-state index < -0.39 is 17.3 Å². The van der Waals surface area contributed by atoms with Gasteiger partial charge in [-0.1, -0.05) is 0 Å². The summed E-state index contributed by atoms with van der Waals surface area (Å²) < 4.78 is 55.1. The predicted molar refractivity (Wildman–Crippen MR) is 25.0 cm³/mol. The smallest absolute Gasteiger partial charge is 0.421 e. The van der Waals surface area contributed by atoms with Crippen LogP contribution in [0.1, 0.15) is 0 Å². The summed E-state index contributed by atoms with van der Waals surface area (Å²) in [6.07, 6.45) is 0.336. The molecule has 0 bridgehead atoms. The van der Waals surface area contributed by atoms with Crippen molar-refractivity contribution in [2.45, 2.75) is 0 Å². The third-order valence-electron chi connectivity index (χ3n) is 0.284. The number of hydrogen-bond acceptors (Lipinski definition) is 3. The maximum atomic E-state index is 11.0. The van der Waals surface area contributed by atoms with Gasteiger partial charge in [0.1, 0.15) is 0 Å². The van der Waals surface area contributed by atoms with E-state index in [1.165, 1.54) is 0 Å². The first-order valence-electron chi connectivity index (χ1n) is 1.80. The zero-order valence-electron chi connectivity index (χ0n) is 4.34. The first-order valence-corrected chi connectivity index (χ1v) is 3.62. The fraction of sp³-hybridized carbons (Fsp3) is 1.00. The van der Waals surface area contributed by atoms with Crippen LogP contribution < -0.4 is 0 Å². The molecule has 0 unspecified atom stereocenters. The van der Waals surface area contributed by atoms with Crippen molar-refractivity contribution in [2.24, 2.45) is 0 Å². The molecule has 0 atom stereocenters. The van der Waals surface area contributed by atoms with Crippen molar-refractivity contribution < 1.29 is 25.5 Å². The highest BCUT2D eigenvalue weighted by atomic mass is 32.2. The van der Waals surface area contributed by atoms with E-state index in [2.05, 4.69) is 4.10 Å². The maximum Gasteiger partial charge on any atom is 0.651 e. The Balaban J connectivity index is 4.07. The van der Waals surface area contributed by atoms with Crippen molar-refractivity contribution in [1.82, 2.24) is 0 Å². The average molecular weight is 163 g/mol. The van der Waals surface area contributed by atoms with E-state index in [4.69, 9.17) is 0 Å². The molecule has 0 N–H and O–H groups in total. The van der Waals surface area contributed by atoms with E-state index in [0.29, 0.717) is 6.26 Å². The summed E-state index contributed by atoms with van der Waals surface area (Å²) in [5.41, 5.74) is 0. The molecule has 0 aromatic rings. The van der Waals surface area contributed by atoms with Gasteiger partial charge in [-0.25, -0.2) is 8.42 Å². The summed E-state index contributed by atoms with van der Waals surface area (Å²) in [5, 5.41) is 0. The highest BCUT2D eigenvalue weighted by Crippen LogP contribution is 2.12. The van der Waals surface area contributed by atoms with Crippen LogP contribution in [0.2, 0.25) is 0 Å². The van der Waals surface area contributed by atoms with Gasteiger partial charge in [-0.15, -0.1) is 0 Å². The predicted octanol–water partition coefficient (Wildman–Crippen LogP) is 0.307. The van der Waals surface area contributed by atoms with Crippen LogP contribution in [0, 0.1) is 0 Å². The Hall–Kier alpha value is -0.235. The third-order valence-corrected chi connectivity index (χ3v) is 0.852. The summed E-state index contributed by atoms with van der Waals surface area (Å²) in [5.74, 6) is 0. The maximum absolute atomic E-state index is 11.0. The minimum atomic E-state index is -5.68. The molecule has 0 saturated carbocycles. The van der Waals surface area contributed by atoms with Gasteiger partial charge in [-0.3, -0.25) is 0 Å². The first-order chi connectivity index (χ1) is 3.71. The molecular formula is CH3BF3O3S-. The zero-order valence-corrected chi connectivity index (χ0v) is 5.16. The van der Waals surface area contributed by atoms with Crippen LogP contribution >= 0.6 is 0 Å². The van der Waals surface area contributed by atoms with Crippen LogP contribution in [0.25, 0.3) is 0 Å². The topological polar surface area (TPSA) is 43.4 Å². The van der Waals surface area contributed by atoms with Crippen molar-refractivity contribution in [3.63, 3.8) is 0 Å². The van der Waals surface area contributed by atoms with Crippen LogP contribution in [0.5, 0.6) is 0 Å². The lowest BCUT2D eigenvalue weighted by Gasteiger charge is -2.12. The van der Waals surface area contributed by atoms with Crippen molar-refractivity contribution in [1.29, 1.82) is 0 Å². The molecule has 0 aromatic carbocycles. The van der Waals surface area contributed by atoms with Gasteiger partial charge in [-0.05, 0) is 0 Å². The number of hydrogen-bond donors (Lipinski definition) is 0.